The molecule has 0 spiro atoms. The Kier molecular flexibility index (Phi) is 3.57. The maximum atomic E-state index is 3.91. The number of hydrogen-bond acceptors (Lipinski definition) is 2. The summed E-state index contributed by atoms with van der Waals surface area (Å²) >= 11 is 0. The highest BCUT2D eigenvalue weighted by Crippen LogP contribution is 2.38. The van der Waals surface area contributed by atoms with Crippen LogP contribution in [-0.2, 0) is 0 Å². The van der Waals surface area contributed by atoms with Gasteiger partial charge in [0.2, 0.25) is 0 Å². The molecular formula is C17H30N2. The first kappa shape index (κ1) is 12.6. The molecule has 1 N–H and O–H groups in total. The van der Waals surface area contributed by atoms with E-state index in [0.29, 0.717) is 0 Å². The van der Waals surface area contributed by atoms with Gasteiger partial charge in [-0.05, 0) is 56.3 Å². The predicted octanol–water partition coefficient (Wildman–Crippen LogP) is 3.03. The normalized spacial score (nSPS) is 38.5. The van der Waals surface area contributed by atoms with Crippen molar-refractivity contribution in [2.75, 3.05) is 19.6 Å². The third kappa shape index (κ3) is 3.00. The second-order valence-electron chi connectivity index (χ2n) is 7.71. The van der Waals surface area contributed by atoms with Gasteiger partial charge in [-0.25, -0.2) is 0 Å². The highest BCUT2D eigenvalue weighted by Gasteiger charge is 2.41. The van der Waals surface area contributed by atoms with Crippen molar-refractivity contribution in [1.82, 2.24) is 10.2 Å². The van der Waals surface area contributed by atoms with E-state index in [1.165, 1.54) is 77.4 Å². The SMILES string of the molecule is C1CCC(C2CNC(C3CC3)CN2CC2CC2)CC1. The van der Waals surface area contributed by atoms with E-state index in [1.807, 2.05) is 0 Å². The molecule has 2 unspecified atom stereocenters. The Labute approximate surface area is 118 Å². The zero-order chi connectivity index (χ0) is 12.7. The fraction of sp³-hybridized carbons (Fsp3) is 1.00. The van der Waals surface area contributed by atoms with Crippen LogP contribution in [0.2, 0.25) is 0 Å². The summed E-state index contributed by atoms with van der Waals surface area (Å²) in [6.45, 7) is 4.08. The molecule has 108 valence electrons. The summed E-state index contributed by atoms with van der Waals surface area (Å²) in [4.78, 5) is 2.92. The number of nitrogens with zero attached hydrogens (tertiary/aromatic N) is 1. The Morgan fingerprint density at radius 1 is 0.842 bits per heavy atom. The second kappa shape index (κ2) is 5.37. The summed E-state index contributed by atoms with van der Waals surface area (Å²) in [5.74, 6) is 3.08. The van der Waals surface area contributed by atoms with Gasteiger partial charge >= 0.3 is 0 Å². The molecule has 0 aromatic rings. The van der Waals surface area contributed by atoms with Crippen LogP contribution in [-0.4, -0.2) is 36.6 Å². The molecule has 3 saturated carbocycles. The molecule has 0 aromatic carbocycles. The maximum absolute atomic E-state index is 3.91. The van der Waals surface area contributed by atoms with Crippen LogP contribution in [0.3, 0.4) is 0 Å². The summed E-state index contributed by atoms with van der Waals surface area (Å²) in [6, 6.07) is 1.70. The van der Waals surface area contributed by atoms with Gasteiger partial charge in [0.25, 0.3) is 0 Å². The molecule has 19 heavy (non-hydrogen) atoms. The van der Waals surface area contributed by atoms with Crippen LogP contribution in [0.15, 0.2) is 0 Å². The molecule has 1 heterocycles. The summed E-state index contributed by atoms with van der Waals surface area (Å²) in [5.41, 5.74) is 0. The third-order valence-corrected chi connectivity index (χ3v) is 6.06. The summed E-state index contributed by atoms with van der Waals surface area (Å²) < 4.78 is 0. The van der Waals surface area contributed by atoms with Crippen LogP contribution in [0.5, 0.6) is 0 Å². The number of hydrogen-bond donors (Lipinski definition) is 1. The lowest BCUT2D eigenvalue weighted by atomic mass is 9.82. The van der Waals surface area contributed by atoms with E-state index in [-0.39, 0.29) is 0 Å². The van der Waals surface area contributed by atoms with Gasteiger partial charge in [-0.2, -0.15) is 0 Å². The fourth-order valence-corrected chi connectivity index (χ4v) is 4.49. The molecule has 2 heteroatoms. The van der Waals surface area contributed by atoms with Gasteiger partial charge in [0.1, 0.15) is 0 Å². The Balaban J connectivity index is 1.41. The first-order chi connectivity index (χ1) is 9.40. The predicted molar refractivity (Wildman–Crippen MR) is 79.2 cm³/mol. The standard InChI is InChI=1S/C17H30N2/c1-2-4-15(5-3-1)17-10-18-16(14-8-9-14)12-19(17)11-13-6-7-13/h13-18H,1-12H2. The molecule has 4 fully saturated rings. The van der Waals surface area contributed by atoms with E-state index < -0.39 is 0 Å². The minimum atomic E-state index is 0.832. The molecule has 4 aliphatic rings. The molecule has 0 aromatic heterocycles. The van der Waals surface area contributed by atoms with Crippen molar-refractivity contribution in [3.63, 3.8) is 0 Å². The molecule has 3 aliphatic carbocycles. The Morgan fingerprint density at radius 3 is 2.32 bits per heavy atom. The minimum absolute atomic E-state index is 0.832. The Bertz CT molecular complexity index is 302. The molecule has 0 radical (unpaired) electrons. The molecule has 0 amide bonds. The Morgan fingerprint density at radius 2 is 1.63 bits per heavy atom. The number of rotatable bonds is 4. The van der Waals surface area contributed by atoms with Crippen LogP contribution in [0.1, 0.15) is 57.8 Å². The van der Waals surface area contributed by atoms with Crippen molar-refractivity contribution in [3.05, 3.63) is 0 Å². The summed E-state index contributed by atoms with van der Waals surface area (Å²) in [7, 11) is 0. The van der Waals surface area contributed by atoms with Crippen molar-refractivity contribution in [2.24, 2.45) is 17.8 Å². The molecular weight excluding hydrogens is 232 g/mol. The molecule has 1 saturated heterocycles. The maximum Gasteiger partial charge on any atom is 0.0249 e. The van der Waals surface area contributed by atoms with E-state index >= 15 is 0 Å². The lowest BCUT2D eigenvalue weighted by molar-refractivity contribution is 0.0631. The van der Waals surface area contributed by atoms with Gasteiger partial charge < -0.3 is 5.32 Å². The highest BCUT2D eigenvalue weighted by atomic mass is 15.2. The lowest BCUT2D eigenvalue weighted by Crippen LogP contribution is -2.60. The van der Waals surface area contributed by atoms with Crippen LogP contribution >= 0.6 is 0 Å². The molecule has 1 aliphatic heterocycles. The fourth-order valence-electron chi connectivity index (χ4n) is 4.49. The van der Waals surface area contributed by atoms with Gasteiger partial charge in [-0.15, -0.1) is 0 Å². The third-order valence-electron chi connectivity index (χ3n) is 6.06. The van der Waals surface area contributed by atoms with E-state index in [4.69, 9.17) is 0 Å². The van der Waals surface area contributed by atoms with E-state index in [9.17, 15) is 0 Å². The largest absolute Gasteiger partial charge is 0.311 e. The molecule has 4 rings (SSSR count). The number of nitrogens with one attached hydrogen (secondary N) is 1. The summed E-state index contributed by atoms with van der Waals surface area (Å²) in [5, 5.41) is 3.91. The van der Waals surface area contributed by atoms with E-state index in [1.54, 1.807) is 0 Å². The summed E-state index contributed by atoms with van der Waals surface area (Å²) in [6.07, 6.45) is 13.5. The quantitative estimate of drug-likeness (QED) is 0.838. The minimum Gasteiger partial charge on any atom is -0.311 e. The van der Waals surface area contributed by atoms with Crippen molar-refractivity contribution in [1.29, 1.82) is 0 Å². The monoisotopic (exact) mass is 262 g/mol. The molecule has 2 atom stereocenters. The van der Waals surface area contributed by atoms with E-state index in [0.717, 1.165) is 29.8 Å². The van der Waals surface area contributed by atoms with Crippen molar-refractivity contribution >= 4 is 0 Å². The van der Waals surface area contributed by atoms with Crippen LogP contribution < -0.4 is 5.32 Å². The van der Waals surface area contributed by atoms with Gasteiger partial charge in [-0.1, -0.05) is 19.3 Å². The smallest absolute Gasteiger partial charge is 0.0249 e. The zero-order valence-electron chi connectivity index (χ0n) is 12.3. The van der Waals surface area contributed by atoms with Gasteiger partial charge in [0, 0.05) is 31.7 Å². The lowest BCUT2D eigenvalue weighted by Gasteiger charge is -2.45. The van der Waals surface area contributed by atoms with Gasteiger partial charge in [0.15, 0.2) is 0 Å². The van der Waals surface area contributed by atoms with Gasteiger partial charge in [-0.3, -0.25) is 4.90 Å². The van der Waals surface area contributed by atoms with Crippen molar-refractivity contribution in [2.45, 2.75) is 69.9 Å². The van der Waals surface area contributed by atoms with Crippen molar-refractivity contribution in [3.8, 4) is 0 Å². The first-order valence-corrected chi connectivity index (χ1v) is 8.87. The van der Waals surface area contributed by atoms with Crippen LogP contribution in [0, 0.1) is 17.8 Å². The molecule has 2 nitrogen and oxygen atoms in total. The topological polar surface area (TPSA) is 15.3 Å². The highest BCUT2D eigenvalue weighted by molar-refractivity contribution is 4.97. The van der Waals surface area contributed by atoms with Crippen LogP contribution in [0.4, 0.5) is 0 Å². The van der Waals surface area contributed by atoms with Crippen LogP contribution in [0.25, 0.3) is 0 Å². The average Bonchev–Trinajstić information content (AvgIpc) is 3.33. The Hall–Kier alpha value is -0.0800. The van der Waals surface area contributed by atoms with Gasteiger partial charge in [0.05, 0.1) is 0 Å². The molecule has 0 bridgehead atoms. The second-order valence-corrected chi connectivity index (χ2v) is 7.71. The van der Waals surface area contributed by atoms with Crippen molar-refractivity contribution < 1.29 is 0 Å². The average molecular weight is 262 g/mol. The first-order valence-electron chi connectivity index (χ1n) is 8.87. The number of piperazine rings is 1. The van der Waals surface area contributed by atoms with E-state index in [2.05, 4.69) is 10.2 Å². The zero-order valence-corrected chi connectivity index (χ0v) is 12.3.